The molecule has 0 bridgehead atoms. The fraction of sp³-hybridized carbons (Fsp3) is 0.261. The minimum Gasteiger partial charge on any atom is -0.366 e. The smallest absolute Gasteiger partial charge is 0.253 e. The predicted octanol–water partition coefficient (Wildman–Crippen LogP) is 4.87. The first-order valence-corrected chi connectivity index (χ1v) is 9.91. The molecule has 0 spiro atoms. The van der Waals surface area contributed by atoms with Crippen LogP contribution < -0.4 is 5.32 Å². The van der Waals surface area contributed by atoms with Gasteiger partial charge in [0.15, 0.2) is 0 Å². The molecule has 0 fully saturated rings. The Labute approximate surface area is 164 Å². The highest BCUT2D eigenvalue weighted by molar-refractivity contribution is 5.79. The number of para-hydroxylation sites is 1. The molecule has 1 unspecified atom stereocenters. The average molecular weight is 369 g/mol. The van der Waals surface area contributed by atoms with E-state index in [9.17, 15) is 0 Å². The lowest BCUT2D eigenvalue weighted by Gasteiger charge is -2.24. The number of nitrogens with zero attached hydrogens (tertiary/aromatic N) is 4. The van der Waals surface area contributed by atoms with Crippen LogP contribution >= 0.6 is 0 Å². The van der Waals surface area contributed by atoms with Gasteiger partial charge in [-0.25, -0.2) is 4.98 Å². The van der Waals surface area contributed by atoms with E-state index >= 15 is 0 Å². The first kappa shape index (κ1) is 16.9. The van der Waals surface area contributed by atoms with E-state index in [1.807, 2.05) is 29.1 Å². The number of hydrogen-bond donors (Lipinski definition) is 1. The summed E-state index contributed by atoms with van der Waals surface area (Å²) in [5, 5.41) is 9.22. The third kappa shape index (κ3) is 3.03. The number of rotatable bonds is 4. The van der Waals surface area contributed by atoms with Crippen molar-refractivity contribution in [2.24, 2.45) is 0 Å². The molecule has 2 aromatic heterocycles. The number of nitrogens with one attached hydrogen (secondary N) is 1. The zero-order valence-corrected chi connectivity index (χ0v) is 16.0. The summed E-state index contributed by atoms with van der Waals surface area (Å²) in [4.78, 5) is 9.86. The SMILES string of the molecule is CC1CCCc2c(NCc3ccccc3)nc(-n3ncc4ccccc43)nc21. The van der Waals surface area contributed by atoms with E-state index in [0.29, 0.717) is 11.9 Å². The molecule has 0 amide bonds. The molecule has 0 radical (unpaired) electrons. The van der Waals surface area contributed by atoms with Gasteiger partial charge >= 0.3 is 0 Å². The van der Waals surface area contributed by atoms with E-state index in [1.165, 1.54) is 24.0 Å². The number of benzene rings is 2. The largest absolute Gasteiger partial charge is 0.366 e. The summed E-state index contributed by atoms with van der Waals surface area (Å²) in [6.45, 7) is 3.01. The van der Waals surface area contributed by atoms with Crippen molar-refractivity contribution in [1.29, 1.82) is 0 Å². The van der Waals surface area contributed by atoms with E-state index < -0.39 is 0 Å². The number of fused-ring (bicyclic) bond motifs is 2. The summed E-state index contributed by atoms with van der Waals surface area (Å²) in [5.41, 5.74) is 4.69. The molecule has 1 N–H and O–H groups in total. The second kappa shape index (κ2) is 7.08. The highest BCUT2D eigenvalue weighted by Crippen LogP contribution is 2.34. The maximum Gasteiger partial charge on any atom is 0.253 e. The van der Waals surface area contributed by atoms with Crippen molar-refractivity contribution in [3.8, 4) is 5.95 Å². The Kier molecular flexibility index (Phi) is 4.28. The van der Waals surface area contributed by atoms with Crippen LogP contribution in [0, 0.1) is 0 Å². The van der Waals surface area contributed by atoms with Gasteiger partial charge in [0.25, 0.3) is 5.95 Å². The number of aromatic nitrogens is 4. The van der Waals surface area contributed by atoms with Gasteiger partial charge in [-0.2, -0.15) is 14.8 Å². The number of hydrogen-bond acceptors (Lipinski definition) is 4. The van der Waals surface area contributed by atoms with Crippen molar-refractivity contribution in [1.82, 2.24) is 19.7 Å². The Morgan fingerprint density at radius 1 is 1.04 bits per heavy atom. The van der Waals surface area contributed by atoms with E-state index in [2.05, 4.69) is 53.7 Å². The quantitative estimate of drug-likeness (QED) is 0.558. The van der Waals surface area contributed by atoms with Gasteiger partial charge in [-0.1, -0.05) is 55.5 Å². The Bertz CT molecular complexity index is 1120. The first-order valence-electron chi connectivity index (χ1n) is 9.91. The van der Waals surface area contributed by atoms with Crippen LogP contribution in [0.5, 0.6) is 0 Å². The van der Waals surface area contributed by atoms with Gasteiger partial charge in [0.2, 0.25) is 0 Å². The molecule has 5 rings (SSSR count). The first-order chi connectivity index (χ1) is 13.8. The molecule has 4 aromatic rings. The topological polar surface area (TPSA) is 55.6 Å². The van der Waals surface area contributed by atoms with Crippen molar-refractivity contribution < 1.29 is 0 Å². The van der Waals surface area contributed by atoms with Crippen LogP contribution in [0.1, 0.15) is 42.5 Å². The van der Waals surface area contributed by atoms with Crippen LogP contribution in [0.15, 0.2) is 60.8 Å². The van der Waals surface area contributed by atoms with Crippen LogP contribution in [0.25, 0.3) is 16.9 Å². The molecule has 0 aliphatic heterocycles. The molecule has 140 valence electrons. The van der Waals surface area contributed by atoms with E-state index in [-0.39, 0.29) is 0 Å². The van der Waals surface area contributed by atoms with Crippen molar-refractivity contribution in [3.63, 3.8) is 0 Å². The van der Waals surface area contributed by atoms with Gasteiger partial charge in [0.1, 0.15) is 5.82 Å². The predicted molar refractivity (Wildman–Crippen MR) is 112 cm³/mol. The van der Waals surface area contributed by atoms with Gasteiger partial charge in [0, 0.05) is 17.5 Å². The van der Waals surface area contributed by atoms with Crippen LogP contribution in [-0.4, -0.2) is 19.7 Å². The Balaban J connectivity index is 1.59. The standard InChI is InChI=1S/C23H23N5/c1-16-8-7-12-19-21(16)26-23(28-20-13-6-5-11-18(20)15-25-28)27-22(19)24-14-17-9-3-2-4-10-17/h2-6,9-11,13,15-16H,7-8,12,14H2,1H3,(H,24,26,27). The second-order valence-electron chi connectivity index (χ2n) is 7.48. The minimum absolute atomic E-state index is 0.435. The fourth-order valence-corrected chi connectivity index (χ4v) is 4.02. The van der Waals surface area contributed by atoms with Gasteiger partial charge in [-0.15, -0.1) is 0 Å². The molecular formula is C23H23N5. The molecule has 5 nitrogen and oxygen atoms in total. The lowest BCUT2D eigenvalue weighted by Crippen LogP contribution is -2.18. The summed E-state index contributed by atoms with van der Waals surface area (Å²) in [5.74, 6) is 2.02. The zero-order chi connectivity index (χ0) is 18.9. The molecule has 1 aliphatic carbocycles. The monoisotopic (exact) mass is 369 g/mol. The van der Waals surface area contributed by atoms with Crippen molar-refractivity contribution >= 4 is 16.7 Å². The maximum atomic E-state index is 4.95. The van der Waals surface area contributed by atoms with Crippen LogP contribution in [0.4, 0.5) is 5.82 Å². The van der Waals surface area contributed by atoms with Crippen LogP contribution in [0.2, 0.25) is 0 Å². The summed E-state index contributed by atoms with van der Waals surface area (Å²) < 4.78 is 1.85. The highest BCUT2D eigenvalue weighted by atomic mass is 15.4. The zero-order valence-electron chi connectivity index (χ0n) is 16.0. The van der Waals surface area contributed by atoms with Gasteiger partial charge < -0.3 is 5.32 Å². The van der Waals surface area contributed by atoms with E-state index in [4.69, 9.17) is 9.97 Å². The number of anilines is 1. The lowest BCUT2D eigenvalue weighted by atomic mass is 9.88. The molecule has 2 heterocycles. The summed E-state index contributed by atoms with van der Waals surface area (Å²) in [6, 6.07) is 18.6. The molecule has 2 aromatic carbocycles. The Hall–Kier alpha value is -3.21. The Morgan fingerprint density at radius 2 is 1.86 bits per heavy atom. The summed E-state index contributed by atoms with van der Waals surface area (Å²) in [6.07, 6.45) is 5.25. The van der Waals surface area contributed by atoms with E-state index in [1.54, 1.807) is 0 Å². The molecular weight excluding hydrogens is 346 g/mol. The third-order valence-electron chi connectivity index (χ3n) is 5.53. The lowest BCUT2D eigenvalue weighted by molar-refractivity contribution is 0.567. The van der Waals surface area contributed by atoms with E-state index in [0.717, 1.165) is 35.4 Å². The molecule has 5 heteroatoms. The molecule has 1 atom stereocenters. The molecule has 1 aliphatic rings. The van der Waals surface area contributed by atoms with Crippen LogP contribution in [0.3, 0.4) is 0 Å². The van der Waals surface area contributed by atoms with Crippen molar-refractivity contribution in [2.45, 2.75) is 38.6 Å². The van der Waals surface area contributed by atoms with Gasteiger partial charge in [0.05, 0.1) is 17.4 Å². The van der Waals surface area contributed by atoms with Crippen molar-refractivity contribution in [2.75, 3.05) is 5.32 Å². The summed E-state index contributed by atoms with van der Waals surface area (Å²) in [7, 11) is 0. The maximum absolute atomic E-state index is 4.95. The molecule has 0 saturated carbocycles. The second-order valence-corrected chi connectivity index (χ2v) is 7.48. The third-order valence-corrected chi connectivity index (χ3v) is 5.53. The Morgan fingerprint density at radius 3 is 2.75 bits per heavy atom. The minimum atomic E-state index is 0.435. The van der Waals surface area contributed by atoms with Gasteiger partial charge in [-0.05, 0) is 36.8 Å². The summed E-state index contributed by atoms with van der Waals surface area (Å²) >= 11 is 0. The highest BCUT2D eigenvalue weighted by Gasteiger charge is 2.24. The molecule has 28 heavy (non-hydrogen) atoms. The average Bonchev–Trinajstić information content (AvgIpc) is 3.17. The normalized spacial score (nSPS) is 16.1. The van der Waals surface area contributed by atoms with Crippen molar-refractivity contribution in [3.05, 3.63) is 77.6 Å². The van der Waals surface area contributed by atoms with Crippen LogP contribution in [-0.2, 0) is 13.0 Å². The molecule has 0 saturated heterocycles. The fourth-order valence-electron chi connectivity index (χ4n) is 4.02. The van der Waals surface area contributed by atoms with Gasteiger partial charge in [-0.3, -0.25) is 0 Å².